The molecule has 1 aliphatic carbocycles. The fourth-order valence-electron chi connectivity index (χ4n) is 3.79. The summed E-state index contributed by atoms with van der Waals surface area (Å²) in [6.45, 7) is 8.83. The minimum absolute atomic E-state index is 0.0916. The third kappa shape index (κ3) is 6.34. The van der Waals surface area contributed by atoms with E-state index in [-0.39, 0.29) is 12.0 Å². The van der Waals surface area contributed by atoms with E-state index < -0.39 is 5.92 Å². The zero-order valence-corrected chi connectivity index (χ0v) is 20.5. The molecule has 0 amide bonds. The SMILES string of the molecule is C=C(NCc1ccccc1)N(C)c1nc(C2=CCC(C(C)(F)F)=CC=C2)ccc1N(C)CCC. The summed E-state index contributed by atoms with van der Waals surface area (Å²) in [4.78, 5) is 9.07. The smallest absolute Gasteiger partial charge is 0.267 e. The number of hydrogen-bond acceptors (Lipinski definition) is 4. The lowest BCUT2D eigenvalue weighted by Crippen LogP contribution is -2.30. The topological polar surface area (TPSA) is 31.4 Å². The summed E-state index contributed by atoms with van der Waals surface area (Å²) in [5, 5.41) is 3.38. The van der Waals surface area contributed by atoms with Gasteiger partial charge in [0.05, 0.1) is 17.2 Å². The molecule has 1 N–H and O–H groups in total. The molecule has 2 aromatic rings. The molecule has 0 bridgehead atoms. The van der Waals surface area contributed by atoms with Crippen LogP contribution in [-0.4, -0.2) is 31.5 Å². The number of anilines is 2. The van der Waals surface area contributed by atoms with Crippen LogP contribution in [0.25, 0.3) is 5.57 Å². The van der Waals surface area contributed by atoms with E-state index in [0.29, 0.717) is 6.54 Å². The normalized spacial score (nSPS) is 13.6. The van der Waals surface area contributed by atoms with Crippen LogP contribution in [0.5, 0.6) is 0 Å². The van der Waals surface area contributed by atoms with Gasteiger partial charge in [-0.15, -0.1) is 0 Å². The predicted octanol–water partition coefficient (Wildman–Crippen LogP) is 6.55. The van der Waals surface area contributed by atoms with Gasteiger partial charge in [0.15, 0.2) is 5.82 Å². The molecule has 1 aliphatic rings. The Labute approximate surface area is 202 Å². The van der Waals surface area contributed by atoms with Crippen LogP contribution in [0.3, 0.4) is 0 Å². The molecule has 0 radical (unpaired) electrons. The Hall–Kier alpha value is -3.41. The molecular formula is C28H34F2N4. The zero-order valence-electron chi connectivity index (χ0n) is 20.5. The maximum Gasteiger partial charge on any atom is 0.267 e. The van der Waals surface area contributed by atoms with Crippen molar-refractivity contribution < 1.29 is 8.78 Å². The lowest BCUT2D eigenvalue weighted by molar-refractivity contribution is 0.0614. The first-order valence-electron chi connectivity index (χ1n) is 11.6. The summed E-state index contributed by atoms with van der Waals surface area (Å²) < 4.78 is 27.6. The average Bonchev–Trinajstić information content (AvgIpc) is 3.09. The summed E-state index contributed by atoms with van der Waals surface area (Å²) in [5.41, 5.74) is 3.78. The van der Waals surface area contributed by atoms with E-state index in [1.54, 1.807) is 6.08 Å². The highest BCUT2D eigenvalue weighted by atomic mass is 19.3. The zero-order chi connectivity index (χ0) is 24.7. The van der Waals surface area contributed by atoms with Crippen LogP contribution >= 0.6 is 0 Å². The summed E-state index contributed by atoms with van der Waals surface area (Å²) >= 11 is 0. The van der Waals surface area contributed by atoms with Crippen molar-refractivity contribution in [3.63, 3.8) is 0 Å². The molecule has 6 heteroatoms. The molecule has 4 nitrogen and oxygen atoms in total. The van der Waals surface area contributed by atoms with Gasteiger partial charge in [-0.1, -0.05) is 68.1 Å². The molecule has 0 saturated heterocycles. The Morgan fingerprint density at radius 1 is 1.15 bits per heavy atom. The molecule has 1 aromatic carbocycles. The van der Waals surface area contributed by atoms with Crippen molar-refractivity contribution in [3.8, 4) is 0 Å². The van der Waals surface area contributed by atoms with E-state index in [1.165, 1.54) is 6.08 Å². The quantitative estimate of drug-likeness (QED) is 0.432. The highest BCUT2D eigenvalue weighted by Gasteiger charge is 2.26. The molecule has 0 atom stereocenters. The standard InChI is InChI=1S/C28H34F2N4/c1-6-19-33(4)26-18-17-25(23-13-10-14-24(16-15-23)28(3,29)30)32-27(26)34(5)21(2)31-20-22-11-8-7-9-12-22/h7-15,17-18,31H,2,6,16,19-20H2,1,3-5H3. The molecule has 0 spiro atoms. The number of aromatic nitrogens is 1. The van der Waals surface area contributed by atoms with Crippen molar-refractivity contribution >= 4 is 17.1 Å². The minimum atomic E-state index is -2.84. The van der Waals surface area contributed by atoms with Crippen molar-refractivity contribution in [2.24, 2.45) is 0 Å². The first kappa shape index (κ1) is 25.2. The molecule has 1 heterocycles. The van der Waals surface area contributed by atoms with E-state index in [2.05, 4.69) is 35.9 Å². The summed E-state index contributed by atoms with van der Waals surface area (Å²) in [6.07, 6.45) is 8.01. The van der Waals surface area contributed by atoms with Crippen LogP contribution in [0.2, 0.25) is 0 Å². The van der Waals surface area contributed by atoms with Gasteiger partial charge in [-0.25, -0.2) is 13.8 Å². The lowest BCUT2D eigenvalue weighted by Gasteiger charge is -2.29. The largest absolute Gasteiger partial charge is 0.372 e. The number of nitrogens with zero attached hydrogens (tertiary/aromatic N) is 3. The number of pyridine rings is 1. The highest BCUT2D eigenvalue weighted by molar-refractivity contribution is 5.78. The van der Waals surface area contributed by atoms with Gasteiger partial charge in [-0.05, 0) is 36.1 Å². The second-order valence-corrected chi connectivity index (χ2v) is 8.61. The Morgan fingerprint density at radius 2 is 1.88 bits per heavy atom. The maximum absolute atomic E-state index is 13.8. The van der Waals surface area contributed by atoms with Crippen LogP contribution in [0.4, 0.5) is 20.3 Å². The molecule has 1 aromatic heterocycles. The van der Waals surface area contributed by atoms with Crippen molar-refractivity contribution in [2.45, 2.75) is 39.2 Å². The Kier molecular flexibility index (Phi) is 8.26. The number of nitrogens with one attached hydrogen (secondary N) is 1. The van der Waals surface area contributed by atoms with Crippen molar-refractivity contribution in [2.75, 3.05) is 30.4 Å². The fraction of sp³-hybridized carbons (Fsp3) is 0.321. The Balaban J connectivity index is 1.89. The maximum atomic E-state index is 13.8. The van der Waals surface area contributed by atoms with E-state index >= 15 is 0 Å². The van der Waals surface area contributed by atoms with Crippen LogP contribution in [0.1, 0.15) is 37.9 Å². The van der Waals surface area contributed by atoms with Gasteiger partial charge in [0, 0.05) is 39.7 Å². The third-order valence-corrected chi connectivity index (χ3v) is 5.86. The Bertz CT molecular complexity index is 1080. The molecule has 0 aliphatic heterocycles. The van der Waals surface area contributed by atoms with Crippen molar-refractivity contribution in [1.82, 2.24) is 10.3 Å². The third-order valence-electron chi connectivity index (χ3n) is 5.86. The van der Waals surface area contributed by atoms with Crippen molar-refractivity contribution in [3.05, 3.63) is 96.0 Å². The van der Waals surface area contributed by atoms with Gasteiger partial charge in [0.25, 0.3) is 5.92 Å². The first-order valence-corrected chi connectivity index (χ1v) is 11.6. The van der Waals surface area contributed by atoms with E-state index in [9.17, 15) is 8.78 Å². The summed E-state index contributed by atoms with van der Waals surface area (Å²) in [5.74, 6) is -1.37. The van der Waals surface area contributed by atoms with Crippen LogP contribution in [0.15, 0.2) is 84.7 Å². The number of allylic oxidation sites excluding steroid dienone is 6. The number of halogens is 2. The van der Waals surface area contributed by atoms with Crippen molar-refractivity contribution in [1.29, 1.82) is 0 Å². The van der Waals surface area contributed by atoms with Gasteiger partial charge in [-0.3, -0.25) is 0 Å². The minimum Gasteiger partial charge on any atom is -0.372 e. The number of hydrogen-bond donors (Lipinski definition) is 1. The van der Waals surface area contributed by atoms with Crippen LogP contribution in [0, 0.1) is 0 Å². The van der Waals surface area contributed by atoms with E-state index in [0.717, 1.165) is 54.0 Å². The number of benzene rings is 1. The molecule has 0 unspecified atom stereocenters. The summed E-state index contributed by atoms with van der Waals surface area (Å²) in [6, 6.07) is 14.1. The first-order chi connectivity index (χ1) is 16.2. The molecule has 34 heavy (non-hydrogen) atoms. The van der Waals surface area contributed by atoms with Crippen LogP contribution in [-0.2, 0) is 6.54 Å². The fourth-order valence-corrected chi connectivity index (χ4v) is 3.79. The van der Waals surface area contributed by atoms with Gasteiger partial charge >= 0.3 is 0 Å². The molecule has 3 rings (SSSR count). The molecule has 0 fully saturated rings. The summed E-state index contributed by atoms with van der Waals surface area (Å²) in [7, 11) is 3.98. The molecule has 180 valence electrons. The van der Waals surface area contributed by atoms with Gasteiger partial charge < -0.3 is 15.1 Å². The number of rotatable bonds is 10. The molecular weight excluding hydrogens is 430 g/mol. The van der Waals surface area contributed by atoms with Gasteiger partial charge in [0.2, 0.25) is 0 Å². The predicted molar refractivity (Wildman–Crippen MR) is 139 cm³/mol. The molecule has 0 saturated carbocycles. The van der Waals surface area contributed by atoms with E-state index in [1.807, 2.05) is 61.5 Å². The second kappa shape index (κ2) is 11.1. The number of alkyl halides is 2. The average molecular weight is 465 g/mol. The van der Waals surface area contributed by atoms with Gasteiger partial charge in [0.1, 0.15) is 0 Å². The van der Waals surface area contributed by atoms with Gasteiger partial charge in [-0.2, -0.15) is 0 Å². The lowest BCUT2D eigenvalue weighted by atomic mass is 10.1. The second-order valence-electron chi connectivity index (χ2n) is 8.61. The van der Waals surface area contributed by atoms with E-state index in [4.69, 9.17) is 4.98 Å². The Morgan fingerprint density at radius 3 is 2.56 bits per heavy atom. The van der Waals surface area contributed by atoms with Crippen LogP contribution < -0.4 is 15.1 Å². The monoisotopic (exact) mass is 464 g/mol. The highest BCUT2D eigenvalue weighted by Crippen LogP contribution is 2.33.